The van der Waals surface area contributed by atoms with Crippen LogP contribution in [0.25, 0.3) is 67.4 Å². The zero-order valence-electron chi connectivity index (χ0n) is 48.7. The Labute approximate surface area is 485 Å². The number of anilines is 6. The topological polar surface area (TPSA) is 43.4 Å². The van der Waals surface area contributed by atoms with Gasteiger partial charge in [-0.3, -0.25) is 0 Å². The molecule has 0 amide bonds. The number of nitrogens with zero attached hydrogens (tertiary/aromatic N) is 2. The fraction of sp³-hybridized carbons (Fsp3) is 0.316. The number of hydrogen-bond donors (Lipinski definition) is 0. The average molecular weight is 1080 g/mol. The lowest BCUT2D eigenvalue weighted by Crippen LogP contribution is -2.12. The molecule has 0 aliphatic heterocycles. The molecule has 4 aliphatic rings. The van der Waals surface area contributed by atoms with Crippen molar-refractivity contribution >= 4 is 102 Å². The van der Waals surface area contributed by atoms with Gasteiger partial charge in [-0.15, -0.1) is 0 Å². The summed E-state index contributed by atoms with van der Waals surface area (Å²) in [4.78, 5) is 4.82. The van der Waals surface area contributed by atoms with Crippen molar-refractivity contribution in [2.75, 3.05) is 38.2 Å². The van der Waals surface area contributed by atoms with E-state index in [1.54, 1.807) is 50.7 Å². The molecule has 0 atom stereocenters. The third-order valence-electron chi connectivity index (χ3n) is 18.3. The highest BCUT2D eigenvalue weighted by atomic mass is 16.5. The van der Waals surface area contributed by atoms with Crippen LogP contribution < -0.4 is 28.7 Å². The molecule has 0 aromatic heterocycles. The molecule has 6 heteroatoms. The molecule has 4 fully saturated rings. The van der Waals surface area contributed by atoms with E-state index in [1.807, 2.05) is 0 Å². The van der Waals surface area contributed by atoms with Crippen LogP contribution in [0.5, 0.6) is 23.0 Å². The normalized spacial score (nSPS) is 16.0. The van der Waals surface area contributed by atoms with E-state index in [0.717, 1.165) is 100 Å². The number of methoxy groups -OCH3 is 4. The van der Waals surface area contributed by atoms with Gasteiger partial charge in [0.05, 0.1) is 39.8 Å². The molecule has 9 aromatic rings. The van der Waals surface area contributed by atoms with Crippen molar-refractivity contribution in [1.82, 2.24) is 0 Å². The van der Waals surface area contributed by atoms with Crippen LogP contribution in [-0.2, 0) is 0 Å². The summed E-state index contributed by atoms with van der Waals surface area (Å²) < 4.78 is 26.5. The largest absolute Gasteiger partial charge is 0.496 e. The molecule has 0 bridgehead atoms. The van der Waals surface area contributed by atoms with Crippen LogP contribution in [0, 0.1) is 0 Å². The van der Waals surface area contributed by atoms with Gasteiger partial charge in [-0.05, 0) is 198 Å². The lowest BCUT2D eigenvalue weighted by Gasteiger charge is -2.31. The highest BCUT2D eigenvalue weighted by molar-refractivity contribution is 6.40. The SMILES string of the molecule is COc1ccc2c(N(c3ccc(C=C4CCCCC4)cc3)c3ccc(C=C4CCCCC4)cc3)cc(OC)c3c4c(OC)ccc5c(N(c6ccc(C=C7CCCCC7)cc6)c6ccc(C=C7CCCCC7)cc6)cc(OC)c(c1c23)c54. The predicted molar refractivity (Wildman–Crippen MR) is 347 cm³/mol. The van der Waals surface area contributed by atoms with Gasteiger partial charge in [-0.1, -0.05) is 121 Å². The zero-order chi connectivity index (χ0) is 55.5. The number of rotatable bonds is 14. The van der Waals surface area contributed by atoms with Gasteiger partial charge in [0.25, 0.3) is 0 Å². The van der Waals surface area contributed by atoms with Crippen LogP contribution in [-0.4, -0.2) is 28.4 Å². The van der Waals surface area contributed by atoms with Gasteiger partial charge in [-0.25, -0.2) is 0 Å². The molecule has 0 saturated heterocycles. The maximum absolute atomic E-state index is 6.74. The number of benzene rings is 9. The summed E-state index contributed by atoms with van der Waals surface area (Å²) in [6.07, 6.45) is 34.7. The van der Waals surface area contributed by atoms with E-state index in [-0.39, 0.29) is 0 Å². The summed E-state index contributed by atoms with van der Waals surface area (Å²) in [6, 6.07) is 49.8. The van der Waals surface area contributed by atoms with Gasteiger partial charge in [0.2, 0.25) is 0 Å². The Morgan fingerprint density at radius 1 is 0.268 bits per heavy atom. The first-order valence-electron chi connectivity index (χ1n) is 30.7. The minimum absolute atomic E-state index is 0.738. The van der Waals surface area contributed by atoms with E-state index < -0.39 is 0 Å². The second-order valence-corrected chi connectivity index (χ2v) is 23.6. The Kier molecular flexibility index (Phi) is 15.5. The van der Waals surface area contributed by atoms with Crippen molar-refractivity contribution in [1.29, 1.82) is 0 Å². The number of ether oxygens (including phenoxy) is 4. The lowest BCUT2D eigenvalue weighted by molar-refractivity contribution is 0.415. The van der Waals surface area contributed by atoms with Crippen LogP contribution in [0.3, 0.4) is 0 Å². The second-order valence-electron chi connectivity index (χ2n) is 23.6. The van der Waals surface area contributed by atoms with Gasteiger partial charge in [0, 0.05) is 78.0 Å². The van der Waals surface area contributed by atoms with Crippen molar-refractivity contribution < 1.29 is 18.9 Å². The van der Waals surface area contributed by atoms with Crippen LogP contribution in [0.4, 0.5) is 34.1 Å². The fourth-order valence-corrected chi connectivity index (χ4v) is 14.2. The molecule has 0 unspecified atom stereocenters. The average Bonchev–Trinajstić information content (AvgIpc) is 1.78. The van der Waals surface area contributed by atoms with Crippen LogP contribution >= 0.6 is 0 Å². The van der Waals surface area contributed by atoms with Crippen molar-refractivity contribution in [2.24, 2.45) is 0 Å². The molecule has 0 heterocycles. The summed E-state index contributed by atoms with van der Waals surface area (Å²) >= 11 is 0. The van der Waals surface area contributed by atoms with Crippen LogP contribution in [0.1, 0.15) is 151 Å². The maximum Gasteiger partial charge on any atom is 0.129 e. The van der Waals surface area contributed by atoms with Crippen LogP contribution in [0.15, 0.2) is 156 Å². The highest BCUT2D eigenvalue weighted by Gasteiger charge is 2.30. The third-order valence-corrected chi connectivity index (χ3v) is 18.3. The standard InChI is InChI=1S/C76H78N2O4/c1-79-67-43-41-63-65(77(59-33-25-55(26-34-59)45-51-17-9-5-10-18-51)60-35-27-56(28-36-60)46-52-19-11-6-12-20-52)50-70(82-4)76-71(63)73(67)75-69(81-3)49-66(64-42-44-68(80-2)74(76)72(64)75)78(61-37-29-57(30-38-61)47-53-21-13-7-14-22-53)62-39-31-58(32-40-62)48-54-23-15-8-16-24-54/h25-50H,5-24H2,1-4H3. The molecular weight excluding hydrogens is 1000 g/mol. The first-order valence-corrected chi connectivity index (χ1v) is 30.7. The molecule has 9 aromatic carbocycles. The van der Waals surface area contributed by atoms with Gasteiger partial charge in [0.1, 0.15) is 23.0 Å². The minimum Gasteiger partial charge on any atom is -0.496 e. The smallest absolute Gasteiger partial charge is 0.129 e. The van der Waals surface area contributed by atoms with Crippen molar-refractivity contribution in [2.45, 2.75) is 128 Å². The first-order chi connectivity index (χ1) is 40.5. The monoisotopic (exact) mass is 1080 g/mol. The van der Waals surface area contributed by atoms with E-state index in [0.29, 0.717) is 0 Å². The van der Waals surface area contributed by atoms with Gasteiger partial charge < -0.3 is 28.7 Å². The van der Waals surface area contributed by atoms with Crippen molar-refractivity contribution in [3.8, 4) is 23.0 Å². The van der Waals surface area contributed by atoms with E-state index in [2.05, 4.69) is 168 Å². The summed E-state index contributed by atoms with van der Waals surface area (Å²) in [5.74, 6) is 2.98. The molecule has 6 nitrogen and oxygen atoms in total. The zero-order valence-corrected chi connectivity index (χ0v) is 48.7. The van der Waals surface area contributed by atoms with E-state index >= 15 is 0 Å². The van der Waals surface area contributed by atoms with E-state index in [4.69, 9.17) is 18.9 Å². The second kappa shape index (κ2) is 23.9. The Morgan fingerprint density at radius 3 is 0.756 bits per heavy atom. The quantitative estimate of drug-likeness (QED) is 0.0799. The molecule has 0 N–H and O–H groups in total. The number of fused-ring (bicyclic) bond motifs is 2. The third kappa shape index (κ3) is 10.5. The van der Waals surface area contributed by atoms with Crippen LogP contribution in [0.2, 0.25) is 0 Å². The first kappa shape index (κ1) is 53.4. The Bertz CT molecular complexity index is 3450. The van der Waals surface area contributed by atoms with E-state index in [9.17, 15) is 0 Å². The summed E-state index contributed by atoms with van der Waals surface area (Å²) in [6.45, 7) is 0. The molecule has 0 spiro atoms. The van der Waals surface area contributed by atoms with E-state index in [1.165, 1.54) is 151 Å². The van der Waals surface area contributed by atoms with Crippen molar-refractivity contribution in [3.63, 3.8) is 0 Å². The molecular formula is C76H78N2O4. The highest BCUT2D eigenvalue weighted by Crippen LogP contribution is 2.57. The van der Waals surface area contributed by atoms with Gasteiger partial charge >= 0.3 is 0 Å². The Morgan fingerprint density at radius 2 is 0.512 bits per heavy atom. The Balaban J connectivity index is 1.04. The molecule has 4 aliphatic carbocycles. The lowest BCUT2D eigenvalue weighted by atomic mass is 9.86. The summed E-state index contributed by atoms with van der Waals surface area (Å²) in [5.41, 5.74) is 17.4. The maximum atomic E-state index is 6.74. The molecule has 4 saturated carbocycles. The number of hydrogen-bond acceptors (Lipinski definition) is 6. The molecule has 0 radical (unpaired) electrons. The molecule has 416 valence electrons. The molecule has 13 rings (SSSR count). The van der Waals surface area contributed by atoms with Gasteiger partial charge in [-0.2, -0.15) is 0 Å². The number of allylic oxidation sites excluding steroid dienone is 4. The van der Waals surface area contributed by atoms with Crippen molar-refractivity contribution in [3.05, 3.63) is 178 Å². The predicted octanol–water partition coefficient (Wildman–Crippen LogP) is 22.1. The summed E-state index contributed by atoms with van der Waals surface area (Å²) in [7, 11) is 7.16. The Hall–Kier alpha value is -7.96. The minimum atomic E-state index is 0.738. The molecule has 82 heavy (non-hydrogen) atoms. The van der Waals surface area contributed by atoms with Gasteiger partial charge in [0.15, 0.2) is 0 Å². The summed E-state index contributed by atoms with van der Waals surface area (Å²) in [5, 5.41) is 7.97. The fourth-order valence-electron chi connectivity index (χ4n) is 14.2.